The minimum atomic E-state index is -5.07. The lowest BCUT2D eigenvalue weighted by molar-refractivity contribution is -0.262. The second kappa shape index (κ2) is 4.43. The van der Waals surface area contributed by atoms with Crippen molar-refractivity contribution in [2.75, 3.05) is 6.54 Å². The molecule has 102 valence electrons. The zero-order valence-corrected chi connectivity index (χ0v) is 8.81. The van der Waals surface area contributed by atoms with Crippen molar-refractivity contribution in [1.29, 1.82) is 0 Å². The topological polar surface area (TPSA) is 46.2 Å². The predicted octanol–water partition coefficient (Wildman–Crippen LogP) is 2.41. The van der Waals surface area contributed by atoms with Crippen LogP contribution >= 0.6 is 0 Å². The monoisotopic (exact) mass is 273 g/mol. The molecule has 1 aromatic carbocycles. The highest BCUT2D eigenvalue weighted by atomic mass is 19.4. The Morgan fingerprint density at radius 3 is 1.56 bits per heavy atom. The normalized spacial score (nSPS) is 16.4. The summed E-state index contributed by atoms with van der Waals surface area (Å²) < 4.78 is 74.4. The van der Waals surface area contributed by atoms with Crippen LogP contribution in [0.25, 0.3) is 0 Å². The van der Waals surface area contributed by atoms with E-state index < -0.39 is 35.6 Å². The molecular weight excluding hydrogens is 264 g/mol. The molecule has 8 heteroatoms. The number of alkyl halides is 6. The second-order valence-electron chi connectivity index (χ2n) is 3.64. The number of nitrogens with two attached hydrogens (primary N) is 1. The summed E-state index contributed by atoms with van der Waals surface area (Å²) >= 11 is 0. The van der Waals surface area contributed by atoms with Gasteiger partial charge in [-0.1, -0.05) is 12.1 Å². The summed E-state index contributed by atoms with van der Waals surface area (Å²) in [5.41, 5.74) is -0.328. The van der Waals surface area contributed by atoms with E-state index in [0.29, 0.717) is 24.3 Å². The second-order valence-corrected chi connectivity index (χ2v) is 3.64. The minimum Gasteiger partial charge on any atom is -0.375 e. The molecule has 0 amide bonds. The molecule has 18 heavy (non-hydrogen) atoms. The maximum atomic E-state index is 12.6. The fourth-order valence-electron chi connectivity index (χ4n) is 1.33. The van der Waals surface area contributed by atoms with Crippen LogP contribution in [-0.2, 0) is 11.8 Å². The fourth-order valence-corrected chi connectivity index (χ4v) is 1.33. The first-order valence-corrected chi connectivity index (χ1v) is 4.69. The fraction of sp³-hybridized carbons (Fsp3) is 0.400. The van der Waals surface area contributed by atoms with Crippen LogP contribution < -0.4 is 5.73 Å². The first-order chi connectivity index (χ1) is 8.02. The molecule has 2 nitrogen and oxygen atoms in total. The van der Waals surface area contributed by atoms with Gasteiger partial charge in [0.2, 0.25) is 0 Å². The van der Waals surface area contributed by atoms with Crippen LogP contribution in [0.3, 0.4) is 0 Å². The van der Waals surface area contributed by atoms with Gasteiger partial charge in [0.25, 0.3) is 0 Å². The van der Waals surface area contributed by atoms with E-state index in [9.17, 15) is 31.4 Å². The molecule has 1 rings (SSSR count). The number of hydrogen-bond acceptors (Lipinski definition) is 2. The summed E-state index contributed by atoms with van der Waals surface area (Å²) in [5, 5.41) is 9.39. The highest BCUT2D eigenvalue weighted by Gasteiger charge is 2.54. The summed E-state index contributed by atoms with van der Waals surface area (Å²) in [6, 6.07) is 2.04. The molecule has 0 aliphatic rings. The Kier molecular flexibility index (Phi) is 3.64. The first-order valence-electron chi connectivity index (χ1n) is 4.69. The quantitative estimate of drug-likeness (QED) is 0.813. The smallest absolute Gasteiger partial charge is 0.375 e. The van der Waals surface area contributed by atoms with Crippen molar-refractivity contribution in [1.82, 2.24) is 0 Å². The summed E-state index contributed by atoms with van der Waals surface area (Å²) in [7, 11) is 0. The molecule has 0 aliphatic carbocycles. The van der Waals surface area contributed by atoms with E-state index in [1.165, 1.54) is 0 Å². The molecule has 1 atom stereocenters. The van der Waals surface area contributed by atoms with Crippen molar-refractivity contribution in [3.63, 3.8) is 0 Å². The molecule has 0 unspecified atom stereocenters. The number of halogens is 6. The van der Waals surface area contributed by atoms with Gasteiger partial charge in [-0.2, -0.15) is 26.3 Å². The third-order valence-corrected chi connectivity index (χ3v) is 2.45. The number of rotatable bonds is 2. The molecular formula is C10H9F6NO. The summed E-state index contributed by atoms with van der Waals surface area (Å²) in [5.74, 6) is 0. The van der Waals surface area contributed by atoms with Gasteiger partial charge in [0, 0.05) is 6.54 Å². The Hall–Kier alpha value is -1.28. The van der Waals surface area contributed by atoms with E-state index in [4.69, 9.17) is 5.73 Å². The van der Waals surface area contributed by atoms with Crippen LogP contribution in [0.15, 0.2) is 24.3 Å². The lowest BCUT2D eigenvalue weighted by atomic mass is 9.92. The average molecular weight is 273 g/mol. The minimum absolute atomic E-state index is 0.460. The van der Waals surface area contributed by atoms with Crippen LogP contribution in [0.4, 0.5) is 26.3 Å². The molecule has 0 aromatic heterocycles. The third kappa shape index (κ3) is 2.59. The van der Waals surface area contributed by atoms with Crippen molar-refractivity contribution >= 4 is 0 Å². The van der Waals surface area contributed by atoms with Crippen LogP contribution in [0, 0.1) is 0 Å². The molecule has 0 spiro atoms. The van der Waals surface area contributed by atoms with Crippen LogP contribution in [0.2, 0.25) is 0 Å². The van der Waals surface area contributed by atoms with Gasteiger partial charge in [-0.05, 0) is 17.7 Å². The molecule has 0 heterocycles. The molecule has 0 saturated heterocycles. The molecule has 0 fully saturated rings. The van der Waals surface area contributed by atoms with Crippen LogP contribution in [0.1, 0.15) is 11.1 Å². The van der Waals surface area contributed by atoms with Gasteiger partial charge in [-0.15, -0.1) is 0 Å². The molecule has 1 aromatic rings. The van der Waals surface area contributed by atoms with Crippen LogP contribution in [-0.4, -0.2) is 17.8 Å². The van der Waals surface area contributed by atoms with E-state index in [1.807, 2.05) is 0 Å². The predicted molar refractivity (Wildman–Crippen MR) is 50.5 cm³/mol. The maximum absolute atomic E-state index is 12.6. The zero-order chi connectivity index (χ0) is 14.2. The van der Waals surface area contributed by atoms with E-state index in [0.717, 1.165) is 0 Å². The molecule has 0 bridgehead atoms. The van der Waals surface area contributed by atoms with Gasteiger partial charge >= 0.3 is 12.4 Å². The van der Waals surface area contributed by atoms with Gasteiger partial charge < -0.3 is 10.8 Å². The van der Waals surface area contributed by atoms with Crippen molar-refractivity contribution in [3.05, 3.63) is 35.4 Å². The summed E-state index contributed by atoms with van der Waals surface area (Å²) in [4.78, 5) is 0. The van der Waals surface area contributed by atoms with Crippen molar-refractivity contribution in [2.45, 2.75) is 18.0 Å². The lowest BCUT2D eigenvalue weighted by Crippen LogP contribution is -2.48. The van der Waals surface area contributed by atoms with Gasteiger partial charge in [-0.3, -0.25) is 0 Å². The van der Waals surface area contributed by atoms with E-state index in [2.05, 4.69) is 0 Å². The standard InChI is InChI=1S/C10H9F6NO/c11-9(12,13)7-3-1-6(2-4-7)8(18,5-17)10(14,15)16/h1-4,18H,5,17H2/t8-/m0/s1. The van der Waals surface area contributed by atoms with Gasteiger partial charge in [0.15, 0.2) is 5.60 Å². The maximum Gasteiger partial charge on any atom is 0.422 e. The Labute approximate surface area is 98.0 Å². The van der Waals surface area contributed by atoms with E-state index in [-0.39, 0.29) is 0 Å². The molecule has 0 radical (unpaired) electrons. The van der Waals surface area contributed by atoms with Crippen LogP contribution in [0.5, 0.6) is 0 Å². The molecule has 0 aliphatic heterocycles. The zero-order valence-electron chi connectivity index (χ0n) is 8.81. The molecule has 3 N–H and O–H groups in total. The highest BCUT2D eigenvalue weighted by molar-refractivity contribution is 5.30. The average Bonchev–Trinajstić information content (AvgIpc) is 2.25. The van der Waals surface area contributed by atoms with E-state index >= 15 is 0 Å². The number of benzene rings is 1. The Balaban J connectivity index is 3.19. The summed E-state index contributed by atoms with van der Waals surface area (Å²) in [6.07, 6.45) is -9.72. The third-order valence-electron chi connectivity index (χ3n) is 2.45. The van der Waals surface area contributed by atoms with Crippen molar-refractivity contribution in [2.24, 2.45) is 5.73 Å². The van der Waals surface area contributed by atoms with Crippen molar-refractivity contribution < 1.29 is 31.4 Å². The summed E-state index contributed by atoms with van der Waals surface area (Å²) in [6.45, 7) is -1.18. The lowest BCUT2D eigenvalue weighted by Gasteiger charge is -2.29. The van der Waals surface area contributed by atoms with Gasteiger partial charge in [0.05, 0.1) is 5.56 Å². The Bertz CT molecular complexity index is 410. The van der Waals surface area contributed by atoms with Gasteiger partial charge in [0.1, 0.15) is 0 Å². The Morgan fingerprint density at radius 1 is 0.889 bits per heavy atom. The number of hydrogen-bond donors (Lipinski definition) is 2. The molecule has 0 saturated carbocycles. The first kappa shape index (κ1) is 14.8. The SMILES string of the molecule is NC[C@](O)(c1ccc(C(F)(F)F)cc1)C(F)(F)F. The Morgan fingerprint density at radius 2 is 1.28 bits per heavy atom. The van der Waals surface area contributed by atoms with Gasteiger partial charge in [-0.25, -0.2) is 0 Å². The van der Waals surface area contributed by atoms with Crippen molar-refractivity contribution in [3.8, 4) is 0 Å². The largest absolute Gasteiger partial charge is 0.422 e. The van der Waals surface area contributed by atoms with E-state index in [1.54, 1.807) is 0 Å². The number of aliphatic hydroxyl groups is 1. The highest BCUT2D eigenvalue weighted by Crippen LogP contribution is 2.39.